The monoisotopic (exact) mass is 404 g/mol. The number of carbonyl (C=O) groups is 4. The van der Waals surface area contributed by atoms with E-state index in [2.05, 4.69) is 9.47 Å². The van der Waals surface area contributed by atoms with Crippen LogP contribution in [-0.4, -0.2) is 41.8 Å². The van der Waals surface area contributed by atoms with Crippen molar-refractivity contribution in [2.75, 3.05) is 6.61 Å². The molecule has 4 unspecified atom stereocenters. The molecular weight excluding hydrogens is 385 g/mol. The first kappa shape index (κ1) is 21.6. The number of ether oxygens (including phenoxy) is 2. The van der Waals surface area contributed by atoms with E-state index in [4.69, 9.17) is 5.11 Å². The van der Waals surface area contributed by atoms with Crippen LogP contribution in [0.2, 0.25) is 0 Å². The zero-order valence-corrected chi connectivity index (χ0v) is 14.7. The lowest BCUT2D eigenvalue weighted by Gasteiger charge is -2.23. The van der Waals surface area contributed by atoms with Gasteiger partial charge in [0.15, 0.2) is 6.61 Å². The molecule has 154 valence electrons. The molecule has 1 aliphatic heterocycles. The van der Waals surface area contributed by atoms with E-state index in [1.165, 1.54) is 0 Å². The van der Waals surface area contributed by atoms with Crippen LogP contribution in [0.3, 0.4) is 0 Å². The van der Waals surface area contributed by atoms with Crippen LogP contribution in [-0.2, 0) is 28.7 Å². The third kappa shape index (κ3) is 5.67. The van der Waals surface area contributed by atoms with Gasteiger partial charge in [-0.1, -0.05) is 24.3 Å². The van der Waals surface area contributed by atoms with Gasteiger partial charge in [-0.05, 0) is 25.7 Å². The van der Waals surface area contributed by atoms with E-state index in [1.807, 2.05) is 12.2 Å². The van der Waals surface area contributed by atoms with Gasteiger partial charge in [0.05, 0.1) is 23.7 Å². The van der Waals surface area contributed by atoms with Crippen molar-refractivity contribution in [1.82, 2.24) is 0 Å². The third-order valence-corrected chi connectivity index (χ3v) is 4.67. The highest BCUT2D eigenvalue weighted by Crippen LogP contribution is 2.33. The number of rotatable bonds is 3. The lowest BCUT2D eigenvalue weighted by Crippen LogP contribution is -2.34. The second kappa shape index (κ2) is 9.03. The Morgan fingerprint density at radius 1 is 0.964 bits per heavy atom. The van der Waals surface area contributed by atoms with Crippen molar-refractivity contribution in [1.29, 1.82) is 0 Å². The summed E-state index contributed by atoms with van der Waals surface area (Å²) in [6.45, 7) is -1.68. The van der Waals surface area contributed by atoms with E-state index in [0.29, 0.717) is 12.8 Å². The number of alkyl halides is 3. The molecule has 0 aromatic rings. The quantitative estimate of drug-likeness (QED) is 0.437. The van der Waals surface area contributed by atoms with Gasteiger partial charge in [-0.3, -0.25) is 19.2 Å². The first-order valence-electron chi connectivity index (χ1n) is 8.62. The molecule has 0 amide bonds. The van der Waals surface area contributed by atoms with Gasteiger partial charge < -0.3 is 14.6 Å². The summed E-state index contributed by atoms with van der Waals surface area (Å²) in [7, 11) is 0. The lowest BCUT2D eigenvalue weighted by molar-refractivity contribution is -0.191. The van der Waals surface area contributed by atoms with Gasteiger partial charge >= 0.3 is 30.1 Å². The number of halogens is 3. The number of esters is 3. The molecule has 4 atom stereocenters. The molecular formula is C18H19F3O7. The van der Waals surface area contributed by atoms with Gasteiger partial charge in [-0.2, -0.15) is 13.2 Å². The maximum atomic E-state index is 11.8. The molecule has 1 fully saturated rings. The summed E-state index contributed by atoms with van der Waals surface area (Å²) in [6, 6.07) is 0. The minimum atomic E-state index is -4.60. The van der Waals surface area contributed by atoms with Crippen molar-refractivity contribution in [3.63, 3.8) is 0 Å². The number of carboxylic acids is 1. The fourth-order valence-corrected chi connectivity index (χ4v) is 3.19. The number of carbonyl (C=O) groups excluding carboxylic acids is 3. The average molecular weight is 404 g/mol. The van der Waals surface area contributed by atoms with Crippen LogP contribution in [0.15, 0.2) is 24.3 Å². The second-order valence-corrected chi connectivity index (χ2v) is 6.61. The summed E-state index contributed by atoms with van der Waals surface area (Å²) in [5.41, 5.74) is 0. The molecule has 1 saturated heterocycles. The molecule has 0 radical (unpaired) electrons. The fraction of sp³-hybridized carbons (Fsp3) is 0.556. The summed E-state index contributed by atoms with van der Waals surface area (Å²) in [5.74, 6) is -5.43. The van der Waals surface area contributed by atoms with Crippen LogP contribution in [0.5, 0.6) is 0 Å². The van der Waals surface area contributed by atoms with Crippen LogP contribution in [0.4, 0.5) is 13.2 Å². The Labute approximate surface area is 158 Å². The first-order chi connectivity index (χ1) is 13.1. The molecule has 0 aromatic heterocycles. The zero-order valence-electron chi connectivity index (χ0n) is 14.7. The molecule has 2 aliphatic carbocycles. The molecule has 0 bridgehead atoms. The Balaban J connectivity index is 0.000000218. The number of allylic oxidation sites excluding steroid dienone is 4. The maximum Gasteiger partial charge on any atom is 0.422 e. The lowest BCUT2D eigenvalue weighted by atomic mass is 9.83. The largest absolute Gasteiger partial charge is 0.481 e. The van der Waals surface area contributed by atoms with Crippen molar-refractivity contribution < 1.29 is 46.9 Å². The van der Waals surface area contributed by atoms with E-state index in [1.54, 1.807) is 12.2 Å². The number of fused-ring (bicyclic) bond motifs is 1. The number of cyclic esters (lactones) is 2. The van der Waals surface area contributed by atoms with Crippen molar-refractivity contribution in [2.24, 2.45) is 23.7 Å². The number of hydrogen-bond donors (Lipinski definition) is 1. The van der Waals surface area contributed by atoms with Crippen LogP contribution in [0, 0.1) is 23.7 Å². The minimum Gasteiger partial charge on any atom is -0.481 e. The molecule has 10 heteroatoms. The van der Waals surface area contributed by atoms with Gasteiger partial charge in [0.2, 0.25) is 0 Å². The van der Waals surface area contributed by atoms with Gasteiger partial charge in [0, 0.05) is 0 Å². The Bertz CT molecular complexity index is 672. The van der Waals surface area contributed by atoms with Crippen molar-refractivity contribution >= 4 is 23.9 Å². The van der Waals surface area contributed by atoms with E-state index in [0.717, 1.165) is 0 Å². The highest BCUT2D eigenvalue weighted by atomic mass is 19.4. The normalized spacial score (nSPS) is 28.7. The predicted molar refractivity (Wildman–Crippen MR) is 86.5 cm³/mol. The number of carboxylic acid groups (broad SMARTS) is 1. The topological polar surface area (TPSA) is 107 Å². The van der Waals surface area contributed by atoms with Gasteiger partial charge in [-0.15, -0.1) is 0 Å². The smallest absolute Gasteiger partial charge is 0.422 e. The molecule has 1 N–H and O–H groups in total. The van der Waals surface area contributed by atoms with Crippen LogP contribution < -0.4 is 0 Å². The molecule has 28 heavy (non-hydrogen) atoms. The van der Waals surface area contributed by atoms with Crippen LogP contribution >= 0.6 is 0 Å². The SMILES string of the molecule is O=C(O)C1CC=CCC1C(=O)OCC(F)(F)F.O=C1OC(=O)C2CC=CCC12. The summed E-state index contributed by atoms with van der Waals surface area (Å²) < 4.78 is 44.0. The number of hydrogen-bond acceptors (Lipinski definition) is 6. The molecule has 0 spiro atoms. The zero-order chi connectivity index (χ0) is 20.9. The van der Waals surface area contributed by atoms with Gasteiger partial charge in [-0.25, -0.2) is 0 Å². The van der Waals surface area contributed by atoms with Crippen LogP contribution in [0.25, 0.3) is 0 Å². The van der Waals surface area contributed by atoms with Gasteiger partial charge in [0.1, 0.15) is 0 Å². The molecule has 7 nitrogen and oxygen atoms in total. The second-order valence-electron chi connectivity index (χ2n) is 6.61. The summed E-state index contributed by atoms with van der Waals surface area (Å²) in [6.07, 6.45) is 3.96. The van der Waals surface area contributed by atoms with Crippen LogP contribution in [0.1, 0.15) is 25.7 Å². The number of aliphatic carboxylic acids is 1. The molecule has 0 saturated carbocycles. The van der Waals surface area contributed by atoms with E-state index in [-0.39, 0.29) is 36.6 Å². The van der Waals surface area contributed by atoms with E-state index < -0.39 is 36.6 Å². The maximum absolute atomic E-state index is 11.8. The molecule has 3 aliphatic rings. The van der Waals surface area contributed by atoms with E-state index in [9.17, 15) is 32.3 Å². The van der Waals surface area contributed by atoms with Gasteiger partial charge in [0.25, 0.3) is 0 Å². The van der Waals surface area contributed by atoms with Crippen molar-refractivity contribution in [2.45, 2.75) is 31.9 Å². The summed E-state index contributed by atoms with van der Waals surface area (Å²) in [5, 5.41) is 8.82. The molecule has 0 aromatic carbocycles. The standard InChI is InChI=1S/C10H11F3O4.C8H8O3/c11-10(12,13)5-17-9(16)7-4-2-1-3-6(7)8(14)15;9-7-5-3-1-2-4-6(5)8(10)11-7/h1-2,6-7H,3-5H2,(H,14,15);1-2,5-6H,3-4H2. The summed E-state index contributed by atoms with van der Waals surface area (Å²) >= 11 is 0. The van der Waals surface area contributed by atoms with E-state index >= 15 is 0 Å². The Morgan fingerprint density at radius 3 is 1.89 bits per heavy atom. The Hall–Kier alpha value is -2.65. The van der Waals surface area contributed by atoms with Crippen molar-refractivity contribution in [3.8, 4) is 0 Å². The summed E-state index contributed by atoms with van der Waals surface area (Å²) in [4.78, 5) is 44.0. The predicted octanol–water partition coefficient (Wildman–Crippen LogP) is 2.41. The fourth-order valence-electron chi connectivity index (χ4n) is 3.19. The Kier molecular flexibility index (Phi) is 6.98. The molecule has 1 heterocycles. The highest BCUT2D eigenvalue weighted by Gasteiger charge is 2.43. The Morgan fingerprint density at radius 2 is 1.43 bits per heavy atom. The minimum absolute atomic E-state index is 0.0909. The van der Waals surface area contributed by atoms with Crippen molar-refractivity contribution in [3.05, 3.63) is 24.3 Å². The third-order valence-electron chi connectivity index (χ3n) is 4.67. The highest BCUT2D eigenvalue weighted by molar-refractivity contribution is 5.96. The molecule has 3 rings (SSSR count). The average Bonchev–Trinajstić information content (AvgIpc) is 2.94. The first-order valence-corrected chi connectivity index (χ1v) is 8.62.